The van der Waals surface area contributed by atoms with Crippen molar-refractivity contribution in [2.45, 2.75) is 18.9 Å². The number of para-hydroxylation sites is 2. The van der Waals surface area contributed by atoms with Crippen molar-refractivity contribution in [3.63, 3.8) is 0 Å². The van der Waals surface area contributed by atoms with Gasteiger partial charge < -0.3 is 11.1 Å². The molecule has 0 aliphatic heterocycles. The molecule has 0 spiro atoms. The number of anilines is 1. The Morgan fingerprint density at radius 1 is 1.52 bits per heavy atom. The summed E-state index contributed by atoms with van der Waals surface area (Å²) in [5.74, 6) is 0.296. The fourth-order valence-electron chi connectivity index (χ4n) is 2.49. The van der Waals surface area contributed by atoms with E-state index < -0.39 is 4.92 Å². The van der Waals surface area contributed by atoms with Gasteiger partial charge in [0.2, 0.25) is 5.91 Å². The Bertz CT molecular complexity index is 531. The number of nitro groups is 1. The maximum absolute atomic E-state index is 12.0. The van der Waals surface area contributed by atoms with Gasteiger partial charge in [0, 0.05) is 18.7 Å². The normalized spacial score (nSPS) is 15.8. The Balaban J connectivity index is 1.97. The van der Waals surface area contributed by atoms with E-state index in [1.165, 1.54) is 12.1 Å². The fraction of sp³-hybridized carbons (Fsp3) is 0.500. The van der Waals surface area contributed by atoms with E-state index in [0.717, 1.165) is 12.8 Å². The van der Waals surface area contributed by atoms with Crippen LogP contribution in [-0.4, -0.2) is 41.9 Å². The number of nitrogens with one attached hydrogen (secondary N) is 1. The van der Waals surface area contributed by atoms with Gasteiger partial charge >= 0.3 is 0 Å². The first-order chi connectivity index (χ1) is 10.0. The van der Waals surface area contributed by atoms with Gasteiger partial charge in [-0.05, 0) is 31.9 Å². The minimum Gasteiger partial charge on any atom is -0.329 e. The molecule has 1 saturated carbocycles. The topological polar surface area (TPSA) is 102 Å². The highest BCUT2D eigenvalue weighted by Crippen LogP contribution is 2.34. The molecular weight excluding hydrogens is 272 g/mol. The Hall–Kier alpha value is -1.99. The number of carbonyl (C=O) groups excluding carboxylic acids is 1. The zero-order chi connectivity index (χ0) is 15.4. The minimum atomic E-state index is -0.508. The molecule has 0 bridgehead atoms. The number of nitro benzene ring substituents is 1. The van der Waals surface area contributed by atoms with Crippen molar-refractivity contribution in [1.82, 2.24) is 4.90 Å². The lowest BCUT2D eigenvalue weighted by Crippen LogP contribution is -2.43. The van der Waals surface area contributed by atoms with Gasteiger partial charge in [0.15, 0.2) is 0 Å². The molecule has 7 nitrogen and oxygen atoms in total. The van der Waals surface area contributed by atoms with E-state index in [0.29, 0.717) is 12.5 Å². The lowest BCUT2D eigenvalue weighted by Gasteiger charge is -2.26. The zero-order valence-electron chi connectivity index (χ0n) is 12.0. The molecule has 1 amide bonds. The number of benzene rings is 1. The van der Waals surface area contributed by atoms with Gasteiger partial charge in [-0.25, -0.2) is 0 Å². The molecule has 1 aromatic rings. The van der Waals surface area contributed by atoms with Crippen LogP contribution < -0.4 is 11.1 Å². The molecule has 1 atom stereocenters. The van der Waals surface area contributed by atoms with Crippen molar-refractivity contribution in [3.05, 3.63) is 34.4 Å². The highest BCUT2D eigenvalue weighted by Gasteiger charge is 2.33. The molecule has 1 aromatic carbocycles. The van der Waals surface area contributed by atoms with Crippen molar-refractivity contribution < 1.29 is 9.72 Å². The SMILES string of the molecule is CN(CC(=O)Nc1ccccc1[N+](=O)[O-])C(CN)C1CC1. The van der Waals surface area contributed by atoms with Gasteiger partial charge in [-0.1, -0.05) is 12.1 Å². The van der Waals surface area contributed by atoms with Crippen LogP contribution in [0.15, 0.2) is 24.3 Å². The second-order valence-electron chi connectivity index (χ2n) is 5.38. The van der Waals surface area contributed by atoms with Crippen molar-refractivity contribution >= 4 is 17.3 Å². The second kappa shape index (κ2) is 6.64. The van der Waals surface area contributed by atoms with Gasteiger partial charge in [-0.15, -0.1) is 0 Å². The highest BCUT2D eigenvalue weighted by molar-refractivity contribution is 5.94. The van der Waals surface area contributed by atoms with Gasteiger partial charge in [0.25, 0.3) is 5.69 Å². The van der Waals surface area contributed by atoms with E-state index in [-0.39, 0.29) is 29.9 Å². The Morgan fingerprint density at radius 2 is 2.19 bits per heavy atom. The van der Waals surface area contributed by atoms with E-state index >= 15 is 0 Å². The van der Waals surface area contributed by atoms with Crippen LogP contribution in [0.3, 0.4) is 0 Å². The zero-order valence-corrected chi connectivity index (χ0v) is 12.0. The molecule has 0 heterocycles. The molecule has 7 heteroatoms. The lowest BCUT2D eigenvalue weighted by atomic mass is 10.1. The standard InChI is InChI=1S/C14H20N4O3/c1-17(13(8-15)10-6-7-10)9-14(19)16-11-4-2-3-5-12(11)18(20)21/h2-5,10,13H,6-9,15H2,1H3,(H,16,19). The number of nitrogens with zero attached hydrogens (tertiary/aromatic N) is 2. The van der Waals surface area contributed by atoms with E-state index in [4.69, 9.17) is 5.73 Å². The summed E-state index contributed by atoms with van der Waals surface area (Å²) in [6.07, 6.45) is 2.30. The summed E-state index contributed by atoms with van der Waals surface area (Å²) in [6.45, 7) is 0.685. The third-order valence-electron chi connectivity index (χ3n) is 3.74. The Kier molecular flexibility index (Phi) is 4.87. The lowest BCUT2D eigenvalue weighted by molar-refractivity contribution is -0.383. The van der Waals surface area contributed by atoms with Crippen LogP contribution in [0, 0.1) is 16.0 Å². The van der Waals surface area contributed by atoms with Crippen molar-refractivity contribution in [1.29, 1.82) is 0 Å². The average Bonchev–Trinajstić information content (AvgIpc) is 3.24. The summed E-state index contributed by atoms with van der Waals surface area (Å²) in [6, 6.07) is 6.31. The van der Waals surface area contributed by atoms with Crippen LogP contribution in [0.4, 0.5) is 11.4 Å². The van der Waals surface area contributed by atoms with Crippen molar-refractivity contribution in [3.8, 4) is 0 Å². The smallest absolute Gasteiger partial charge is 0.292 e. The van der Waals surface area contributed by atoms with Crippen LogP contribution in [0.5, 0.6) is 0 Å². The molecule has 1 aliphatic rings. The van der Waals surface area contributed by atoms with E-state index in [1.54, 1.807) is 12.1 Å². The minimum absolute atomic E-state index is 0.105. The van der Waals surface area contributed by atoms with Crippen LogP contribution in [-0.2, 0) is 4.79 Å². The fourth-order valence-corrected chi connectivity index (χ4v) is 2.49. The molecule has 21 heavy (non-hydrogen) atoms. The third-order valence-corrected chi connectivity index (χ3v) is 3.74. The van der Waals surface area contributed by atoms with Crippen LogP contribution >= 0.6 is 0 Å². The molecule has 2 rings (SSSR count). The van der Waals surface area contributed by atoms with Gasteiger partial charge in [-0.3, -0.25) is 19.8 Å². The summed E-state index contributed by atoms with van der Waals surface area (Å²) in [7, 11) is 1.86. The Morgan fingerprint density at radius 3 is 2.76 bits per heavy atom. The first kappa shape index (κ1) is 15.4. The quantitative estimate of drug-likeness (QED) is 0.581. The molecule has 0 saturated heterocycles. The molecule has 1 fully saturated rings. The molecule has 0 aromatic heterocycles. The summed E-state index contributed by atoms with van der Waals surface area (Å²) >= 11 is 0. The summed E-state index contributed by atoms with van der Waals surface area (Å²) in [5.41, 5.74) is 5.86. The largest absolute Gasteiger partial charge is 0.329 e. The predicted octanol–water partition coefficient (Wildman–Crippen LogP) is 1.20. The first-order valence-electron chi connectivity index (χ1n) is 6.96. The van der Waals surface area contributed by atoms with Crippen molar-refractivity contribution in [2.24, 2.45) is 11.7 Å². The number of nitrogens with two attached hydrogens (primary N) is 1. The number of likely N-dealkylation sites (N-methyl/N-ethyl adjacent to an activating group) is 1. The molecule has 0 radical (unpaired) electrons. The maximum atomic E-state index is 12.0. The highest BCUT2D eigenvalue weighted by atomic mass is 16.6. The van der Waals surface area contributed by atoms with E-state index in [2.05, 4.69) is 5.32 Å². The molecule has 1 aliphatic carbocycles. The molecule has 3 N–H and O–H groups in total. The molecule has 1 unspecified atom stereocenters. The van der Waals surface area contributed by atoms with Crippen LogP contribution in [0.25, 0.3) is 0 Å². The Labute approximate surface area is 123 Å². The van der Waals surface area contributed by atoms with E-state index in [1.807, 2.05) is 11.9 Å². The molecular formula is C14H20N4O3. The second-order valence-corrected chi connectivity index (χ2v) is 5.38. The summed E-state index contributed by atoms with van der Waals surface area (Å²) < 4.78 is 0. The maximum Gasteiger partial charge on any atom is 0.292 e. The van der Waals surface area contributed by atoms with Gasteiger partial charge in [-0.2, -0.15) is 0 Å². The summed E-state index contributed by atoms with van der Waals surface area (Å²) in [5, 5.41) is 13.5. The number of hydrogen-bond donors (Lipinski definition) is 2. The number of rotatable bonds is 7. The van der Waals surface area contributed by atoms with E-state index in [9.17, 15) is 14.9 Å². The summed E-state index contributed by atoms with van der Waals surface area (Å²) in [4.78, 5) is 24.4. The predicted molar refractivity (Wildman–Crippen MR) is 79.9 cm³/mol. The average molecular weight is 292 g/mol. The van der Waals surface area contributed by atoms with Gasteiger partial charge in [0.05, 0.1) is 11.5 Å². The first-order valence-corrected chi connectivity index (χ1v) is 6.96. The third kappa shape index (κ3) is 3.99. The number of carbonyl (C=O) groups is 1. The number of hydrogen-bond acceptors (Lipinski definition) is 5. The molecule has 114 valence electrons. The van der Waals surface area contributed by atoms with Crippen LogP contribution in [0.2, 0.25) is 0 Å². The van der Waals surface area contributed by atoms with Crippen molar-refractivity contribution in [2.75, 3.05) is 25.5 Å². The van der Waals surface area contributed by atoms with Gasteiger partial charge in [0.1, 0.15) is 5.69 Å². The number of amides is 1. The van der Waals surface area contributed by atoms with Crippen LogP contribution in [0.1, 0.15) is 12.8 Å². The monoisotopic (exact) mass is 292 g/mol.